The summed E-state index contributed by atoms with van der Waals surface area (Å²) in [6.07, 6.45) is 12.4. The van der Waals surface area contributed by atoms with Gasteiger partial charge in [-0.05, 0) is 54.5 Å². The average Bonchev–Trinajstić information content (AvgIpc) is 3.31. The van der Waals surface area contributed by atoms with Gasteiger partial charge in [0.25, 0.3) is 0 Å². The Bertz CT molecular complexity index is 857. The van der Waals surface area contributed by atoms with Crippen LogP contribution in [0, 0.1) is 23.6 Å². The molecule has 3 atom stereocenters. The number of pyridine rings is 1. The van der Waals surface area contributed by atoms with Crippen LogP contribution in [0.1, 0.15) is 37.8 Å². The lowest BCUT2D eigenvalue weighted by Gasteiger charge is -2.31. The SMILES string of the molecule is Fc1cccc(-c2ccc(C=C[C@@H]3[C@@H]4CCCC[C@@H]4CC34OCCO4)nc2)c1. The summed E-state index contributed by atoms with van der Waals surface area (Å²) < 4.78 is 25.8. The van der Waals surface area contributed by atoms with Crippen molar-refractivity contribution in [1.29, 1.82) is 0 Å². The van der Waals surface area contributed by atoms with Gasteiger partial charge in [-0.1, -0.05) is 37.1 Å². The summed E-state index contributed by atoms with van der Waals surface area (Å²) in [6, 6.07) is 10.6. The molecule has 28 heavy (non-hydrogen) atoms. The van der Waals surface area contributed by atoms with Gasteiger partial charge in [0.1, 0.15) is 5.82 Å². The first-order chi connectivity index (χ1) is 13.7. The molecule has 2 heterocycles. The molecule has 2 saturated carbocycles. The zero-order valence-electron chi connectivity index (χ0n) is 16.0. The molecule has 1 aromatic carbocycles. The van der Waals surface area contributed by atoms with Crippen molar-refractivity contribution >= 4 is 6.08 Å². The van der Waals surface area contributed by atoms with Crippen LogP contribution in [0.15, 0.2) is 48.7 Å². The molecule has 1 aliphatic heterocycles. The van der Waals surface area contributed by atoms with Crippen molar-refractivity contribution in [3.63, 3.8) is 0 Å². The number of hydrogen-bond donors (Lipinski definition) is 0. The van der Waals surface area contributed by atoms with Gasteiger partial charge < -0.3 is 9.47 Å². The highest BCUT2D eigenvalue weighted by Crippen LogP contribution is 2.54. The van der Waals surface area contributed by atoms with E-state index >= 15 is 0 Å². The van der Waals surface area contributed by atoms with Gasteiger partial charge in [-0.15, -0.1) is 0 Å². The van der Waals surface area contributed by atoms with Gasteiger partial charge in [0.05, 0.1) is 18.9 Å². The van der Waals surface area contributed by atoms with E-state index in [0.29, 0.717) is 31.0 Å². The molecule has 4 heteroatoms. The van der Waals surface area contributed by atoms with E-state index in [-0.39, 0.29) is 5.82 Å². The third kappa shape index (κ3) is 3.29. The molecule has 1 aromatic heterocycles. The van der Waals surface area contributed by atoms with E-state index in [0.717, 1.165) is 23.2 Å². The number of fused-ring (bicyclic) bond motifs is 1. The van der Waals surface area contributed by atoms with Crippen LogP contribution < -0.4 is 0 Å². The number of halogens is 1. The summed E-state index contributed by atoms with van der Waals surface area (Å²) >= 11 is 0. The summed E-state index contributed by atoms with van der Waals surface area (Å²) in [5.74, 6) is 1.01. The predicted octanol–water partition coefficient (Wildman–Crippen LogP) is 5.47. The average molecular weight is 379 g/mol. The highest BCUT2D eigenvalue weighted by atomic mass is 19.1. The normalized spacial score (nSPS) is 28.8. The van der Waals surface area contributed by atoms with Crippen LogP contribution in [-0.2, 0) is 9.47 Å². The largest absolute Gasteiger partial charge is 0.347 e. The molecule has 1 saturated heterocycles. The van der Waals surface area contributed by atoms with Crippen LogP contribution in [0.3, 0.4) is 0 Å². The summed E-state index contributed by atoms with van der Waals surface area (Å²) in [4.78, 5) is 4.57. The lowest BCUT2D eigenvalue weighted by molar-refractivity contribution is -0.175. The molecular weight excluding hydrogens is 353 g/mol. The van der Waals surface area contributed by atoms with Crippen LogP contribution in [0.4, 0.5) is 4.39 Å². The Kier molecular flexibility index (Phi) is 4.77. The molecule has 0 unspecified atom stereocenters. The smallest absolute Gasteiger partial charge is 0.175 e. The van der Waals surface area contributed by atoms with E-state index in [2.05, 4.69) is 17.1 Å². The maximum atomic E-state index is 13.5. The van der Waals surface area contributed by atoms with E-state index in [4.69, 9.17) is 9.47 Å². The van der Waals surface area contributed by atoms with Crippen molar-refractivity contribution < 1.29 is 13.9 Å². The third-order valence-electron chi connectivity index (χ3n) is 6.68. The first-order valence-electron chi connectivity index (χ1n) is 10.4. The highest BCUT2D eigenvalue weighted by Gasteiger charge is 2.56. The molecule has 3 aliphatic rings. The minimum absolute atomic E-state index is 0.230. The Labute approximate surface area is 165 Å². The van der Waals surface area contributed by atoms with E-state index < -0.39 is 5.79 Å². The van der Waals surface area contributed by atoms with Crippen LogP contribution in [-0.4, -0.2) is 24.0 Å². The molecule has 2 aliphatic carbocycles. The van der Waals surface area contributed by atoms with Crippen molar-refractivity contribution in [3.8, 4) is 11.1 Å². The molecular formula is C24H26FNO2. The predicted molar refractivity (Wildman–Crippen MR) is 107 cm³/mol. The maximum Gasteiger partial charge on any atom is 0.175 e. The molecule has 3 nitrogen and oxygen atoms in total. The van der Waals surface area contributed by atoms with Crippen molar-refractivity contribution in [2.24, 2.45) is 17.8 Å². The second-order valence-electron chi connectivity index (χ2n) is 8.29. The monoisotopic (exact) mass is 379 g/mol. The molecule has 146 valence electrons. The number of aromatic nitrogens is 1. The van der Waals surface area contributed by atoms with Gasteiger partial charge in [-0.2, -0.15) is 0 Å². The van der Waals surface area contributed by atoms with Crippen molar-refractivity contribution in [2.45, 2.75) is 37.9 Å². The summed E-state index contributed by atoms with van der Waals surface area (Å²) in [6.45, 7) is 1.40. The van der Waals surface area contributed by atoms with Crippen LogP contribution >= 0.6 is 0 Å². The van der Waals surface area contributed by atoms with E-state index in [1.165, 1.54) is 37.8 Å². The Morgan fingerprint density at radius 1 is 1.04 bits per heavy atom. The fourth-order valence-corrected chi connectivity index (χ4v) is 5.41. The minimum atomic E-state index is -0.419. The molecule has 0 radical (unpaired) electrons. The first kappa shape index (κ1) is 18.0. The van der Waals surface area contributed by atoms with Crippen molar-refractivity contribution in [1.82, 2.24) is 4.98 Å². The van der Waals surface area contributed by atoms with Gasteiger partial charge in [0.15, 0.2) is 5.79 Å². The molecule has 1 spiro atoms. The zero-order valence-corrected chi connectivity index (χ0v) is 16.0. The summed E-state index contributed by atoms with van der Waals surface area (Å²) in [7, 11) is 0. The number of ether oxygens (including phenoxy) is 2. The lowest BCUT2D eigenvalue weighted by Crippen LogP contribution is -2.35. The Balaban J connectivity index is 1.37. The second-order valence-corrected chi connectivity index (χ2v) is 8.29. The molecule has 0 amide bonds. The van der Waals surface area contributed by atoms with Gasteiger partial charge in [0, 0.05) is 24.1 Å². The second kappa shape index (κ2) is 7.41. The minimum Gasteiger partial charge on any atom is -0.347 e. The highest BCUT2D eigenvalue weighted by molar-refractivity contribution is 5.63. The van der Waals surface area contributed by atoms with Crippen LogP contribution in [0.2, 0.25) is 0 Å². The summed E-state index contributed by atoms with van der Waals surface area (Å²) in [5, 5.41) is 0. The molecule has 0 N–H and O–H groups in total. The third-order valence-corrected chi connectivity index (χ3v) is 6.68. The first-order valence-corrected chi connectivity index (χ1v) is 10.4. The number of hydrogen-bond acceptors (Lipinski definition) is 3. The lowest BCUT2D eigenvalue weighted by atomic mass is 9.77. The fourth-order valence-electron chi connectivity index (χ4n) is 5.41. The topological polar surface area (TPSA) is 31.4 Å². The number of rotatable bonds is 3. The van der Waals surface area contributed by atoms with Gasteiger partial charge in [-0.25, -0.2) is 4.39 Å². The van der Waals surface area contributed by atoms with E-state index in [9.17, 15) is 4.39 Å². The molecule has 3 fully saturated rings. The fraction of sp³-hybridized carbons (Fsp3) is 0.458. The maximum absolute atomic E-state index is 13.5. The standard InChI is InChI=1S/C24H26FNO2/c25-20-6-3-5-17(14-20)19-8-9-21(26-16-19)10-11-23-22-7-2-1-4-18(22)15-24(23)27-12-13-28-24/h3,5-6,8-11,14,16,18,22-23H,1-2,4,7,12-13,15H2/t18-,22-,23-/m1/s1. The van der Waals surface area contributed by atoms with E-state index in [1.807, 2.05) is 24.4 Å². The molecule has 5 rings (SSSR count). The summed E-state index contributed by atoms with van der Waals surface area (Å²) in [5.41, 5.74) is 2.67. The quantitative estimate of drug-likeness (QED) is 0.709. The van der Waals surface area contributed by atoms with Crippen molar-refractivity contribution in [3.05, 3.63) is 60.2 Å². The van der Waals surface area contributed by atoms with Gasteiger partial charge in [-0.3, -0.25) is 4.98 Å². The Morgan fingerprint density at radius 2 is 1.89 bits per heavy atom. The Morgan fingerprint density at radius 3 is 2.68 bits per heavy atom. The van der Waals surface area contributed by atoms with E-state index in [1.54, 1.807) is 6.07 Å². The van der Waals surface area contributed by atoms with Gasteiger partial charge in [0.2, 0.25) is 0 Å². The van der Waals surface area contributed by atoms with Crippen molar-refractivity contribution in [2.75, 3.05) is 13.2 Å². The van der Waals surface area contributed by atoms with Crippen LogP contribution in [0.5, 0.6) is 0 Å². The Hall–Kier alpha value is -2.04. The molecule has 2 aromatic rings. The number of nitrogens with zero attached hydrogens (tertiary/aromatic N) is 1. The zero-order chi connectivity index (χ0) is 19.0. The van der Waals surface area contributed by atoms with Gasteiger partial charge >= 0.3 is 0 Å². The van der Waals surface area contributed by atoms with Crippen LogP contribution in [0.25, 0.3) is 17.2 Å². The molecule has 0 bridgehead atoms. The number of benzene rings is 1.